The molecular formula is C17H24N2O6S. The summed E-state index contributed by atoms with van der Waals surface area (Å²) in [5.74, 6) is 0.658. The first-order valence-electron chi connectivity index (χ1n) is 8.35. The lowest BCUT2D eigenvalue weighted by molar-refractivity contribution is -0.148. The van der Waals surface area contributed by atoms with E-state index in [4.69, 9.17) is 14.6 Å². The van der Waals surface area contributed by atoms with Crippen molar-refractivity contribution < 1.29 is 27.5 Å². The van der Waals surface area contributed by atoms with Crippen molar-refractivity contribution >= 4 is 22.5 Å². The number of benzene rings is 1. The molecule has 0 heterocycles. The third-order valence-electron chi connectivity index (χ3n) is 4.40. The van der Waals surface area contributed by atoms with E-state index in [0.29, 0.717) is 30.6 Å². The fraction of sp³-hybridized carbons (Fsp3) is 0.529. The number of esters is 1. The molecule has 26 heavy (non-hydrogen) atoms. The second-order valence-electron chi connectivity index (χ2n) is 6.55. The van der Waals surface area contributed by atoms with Crippen LogP contribution in [0.5, 0.6) is 5.75 Å². The summed E-state index contributed by atoms with van der Waals surface area (Å²) in [6, 6.07) is 5.04. The van der Waals surface area contributed by atoms with Gasteiger partial charge in [0.1, 0.15) is 5.75 Å². The highest BCUT2D eigenvalue weighted by Gasteiger charge is 2.37. The van der Waals surface area contributed by atoms with Crippen LogP contribution in [0.2, 0.25) is 0 Å². The van der Waals surface area contributed by atoms with Crippen LogP contribution in [-0.2, 0) is 24.5 Å². The number of hydrogen-bond acceptors (Lipinski definition) is 6. The summed E-state index contributed by atoms with van der Waals surface area (Å²) in [4.78, 5) is 20.9. The third kappa shape index (κ3) is 6.40. The number of carbonyl (C=O) groups excluding carboxylic acids is 2. The monoisotopic (exact) mass is 384 g/mol. The molecule has 1 aliphatic rings. The van der Waals surface area contributed by atoms with Crippen LogP contribution in [0.4, 0.5) is 0 Å². The van der Waals surface area contributed by atoms with Crippen LogP contribution in [0.15, 0.2) is 18.2 Å². The fourth-order valence-electron chi connectivity index (χ4n) is 2.77. The Kier molecular flexibility index (Phi) is 6.74. The summed E-state index contributed by atoms with van der Waals surface area (Å²) in [6.45, 7) is 4.40. The van der Waals surface area contributed by atoms with Crippen LogP contribution in [0.1, 0.15) is 36.9 Å². The lowest BCUT2D eigenvalue weighted by Gasteiger charge is -2.15. The number of hydrogen-bond donors (Lipinski definition) is 2. The van der Waals surface area contributed by atoms with Crippen molar-refractivity contribution in [3.05, 3.63) is 29.3 Å². The molecule has 0 radical (unpaired) electrons. The molecular weight excluding hydrogens is 360 g/mol. The van der Waals surface area contributed by atoms with Crippen molar-refractivity contribution in [1.29, 1.82) is 0 Å². The van der Waals surface area contributed by atoms with Gasteiger partial charge in [-0.3, -0.25) is 4.79 Å². The summed E-state index contributed by atoms with van der Waals surface area (Å²) in [5.41, 5.74) is 1.71. The molecule has 1 aromatic carbocycles. The Morgan fingerprint density at radius 1 is 1.42 bits per heavy atom. The van der Waals surface area contributed by atoms with Gasteiger partial charge in [0.2, 0.25) is 6.29 Å². The Morgan fingerprint density at radius 2 is 2.15 bits per heavy atom. The molecule has 0 amide bonds. The molecule has 0 bridgehead atoms. The number of aryl methyl sites for hydroxylation is 1. The molecule has 1 aliphatic carbocycles. The van der Waals surface area contributed by atoms with E-state index in [1.807, 2.05) is 19.1 Å². The smallest absolute Gasteiger partial charge is 0.371 e. The van der Waals surface area contributed by atoms with Crippen molar-refractivity contribution in [3.8, 4) is 5.75 Å². The Hall–Kier alpha value is -1.97. The van der Waals surface area contributed by atoms with Gasteiger partial charge in [-0.15, -0.1) is 0 Å². The Labute approximate surface area is 153 Å². The maximum atomic E-state index is 11.2. The second-order valence-corrected chi connectivity index (χ2v) is 7.88. The molecule has 144 valence electrons. The zero-order chi connectivity index (χ0) is 19.3. The van der Waals surface area contributed by atoms with Gasteiger partial charge >= 0.3 is 5.97 Å². The molecule has 2 unspecified atom stereocenters. The van der Waals surface area contributed by atoms with Crippen molar-refractivity contribution in [2.45, 2.75) is 32.7 Å². The van der Waals surface area contributed by atoms with Gasteiger partial charge in [-0.25, -0.2) is 9.93 Å². The number of carbonyl (C=O) groups is 2. The number of nitrogens with one attached hydrogen (secondary N) is 1. The first-order valence-corrected chi connectivity index (χ1v) is 9.89. The van der Waals surface area contributed by atoms with E-state index < -0.39 is 22.2 Å². The highest BCUT2D eigenvalue weighted by atomic mass is 32.2. The highest BCUT2D eigenvalue weighted by molar-refractivity contribution is 7.87. The van der Waals surface area contributed by atoms with Gasteiger partial charge in [0, 0.05) is 6.04 Å². The molecule has 0 aromatic heterocycles. The van der Waals surface area contributed by atoms with Gasteiger partial charge < -0.3 is 9.47 Å². The van der Waals surface area contributed by atoms with Crippen LogP contribution >= 0.6 is 0 Å². The normalized spacial score (nSPS) is 20.3. The summed E-state index contributed by atoms with van der Waals surface area (Å²) in [5, 5.41) is 5.01. The first-order chi connectivity index (χ1) is 12.2. The fourth-order valence-corrected chi connectivity index (χ4v) is 3.39. The summed E-state index contributed by atoms with van der Waals surface area (Å²) in [7, 11) is -3.78. The van der Waals surface area contributed by atoms with Crippen molar-refractivity contribution in [1.82, 2.24) is 4.72 Å². The first kappa shape index (κ1) is 20.3. The minimum Gasteiger partial charge on any atom is -0.493 e. The molecule has 0 spiro atoms. The van der Waals surface area contributed by atoms with Crippen LogP contribution in [0.3, 0.4) is 0 Å². The number of nitrogens with two attached hydrogens (primary N) is 1. The molecule has 0 aliphatic heterocycles. The molecule has 3 atom stereocenters. The lowest BCUT2D eigenvalue weighted by atomic mass is 10.1. The van der Waals surface area contributed by atoms with E-state index in [-0.39, 0.29) is 12.9 Å². The molecule has 8 nitrogen and oxygen atoms in total. The van der Waals surface area contributed by atoms with E-state index in [2.05, 4.69) is 4.72 Å². The van der Waals surface area contributed by atoms with Crippen LogP contribution in [-0.4, -0.2) is 33.9 Å². The predicted octanol–water partition coefficient (Wildman–Crippen LogP) is 0.996. The SMILES string of the molecule is Cc1ccc([C@H](C)NS(N)(=O)=O)cc1OCC1CC1CCOC(=O)C=O. The third-order valence-corrected chi connectivity index (χ3v) is 5.09. The maximum absolute atomic E-state index is 11.2. The summed E-state index contributed by atoms with van der Waals surface area (Å²) in [6.07, 6.45) is 1.86. The molecule has 3 N–H and O–H groups in total. The number of aldehydes is 1. The van der Waals surface area contributed by atoms with Gasteiger partial charge in [0.25, 0.3) is 10.2 Å². The Balaban J connectivity index is 1.84. The zero-order valence-electron chi connectivity index (χ0n) is 14.8. The summed E-state index contributed by atoms with van der Waals surface area (Å²) < 4.78 is 35.3. The predicted molar refractivity (Wildman–Crippen MR) is 94.6 cm³/mol. The average Bonchev–Trinajstić information content (AvgIpc) is 3.30. The maximum Gasteiger partial charge on any atom is 0.371 e. The highest BCUT2D eigenvalue weighted by Crippen LogP contribution is 2.41. The molecule has 1 fully saturated rings. The van der Waals surface area contributed by atoms with Crippen molar-refractivity contribution in [2.24, 2.45) is 17.0 Å². The Bertz CT molecular complexity index is 765. The largest absolute Gasteiger partial charge is 0.493 e. The van der Waals surface area contributed by atoms with Gasteiger partial charge in [0.15, 0.2) is 0 Å². The summed E-state index contributed by atoms with van der Waals surface area (Å²) >= 11 is 0. The molecule has 9 heteroatoms. The van der Waals surface area contributed by atoms with Crippen molar-refractivity contribution in [3.63, 3.8) is 0 Å². The van der Waals surface area contributed by atoms with E-state index in [1.54, 1.807) is 13.0 Å². The van der Waals surface area contributed by atoms with Crippen molar-refractivity contribution in [2.75, 3.05) is 13.2 Å². The zero-order valence-corrected chi connectivity index (χ0v) is 15.6. The second kappa shape index (κ2) is 8.61. The quantitative estimate of drug-likeness (QED) is 0.352. The van der Waals surface area contributed by atoms with Gasteiger partial charge in [0.05, 0.1) is 13.2 Å². The van der Waals surface area contributed by atoms with Crippen LogP contribution in [0.25, 0.3) is 0 Å². The topological polar surface area (TPSA) is 125 Å². The molecule has 0 saturated heterocycles. The minimum atomic E-state index is -3.78. The molecule has 2 rings (SSSR count). The van der Waals surface area contributed by atoms with E-state index in [0.717, 1.165) is 17.5 Å². The van der Waals surface area contributed by atoms with Gasteiger partial charge in [-0.1, -0.05) is 12.1 Å². The van der Waals surface area contributed by atoms with Crippen LogP contribution < -0.4 is 14.6 Å². The number of rotatable bonds is 10. The van der Waals surface area contributed by atoms with E-state index in [1.165, 1.54) is 0 Å². The van der Waals surface area contributed by atoms with Gasteiger partial charge in [-0.05, 0) is 55.7 Å². The van der Waals surface area contributed by atoms with Crippen LogP contribution in [0, 0.1) is 18.8 Å². The van der Waals surface area contributed by atoms with E-state index in [9.17, 15) is 18.0 Å². The Morgan fingerprint density at radius 3 is 2.81 bits per heavy atom. The molecule has 1 aromatic rings. The van der Waals surface area contributed by atoms with Gasteiger partial charge in [-0.2, -0.15) is 13.1 Å². The molecule has 1 saturated carbocycles. The average molecular weight is 384 g/mol. The minimum absolute atomic E-state index is 0.162. The number of ether oxygens (including phenoxy) is 2. The van der Waals surface area contributed by atoms with E-state index >= 15 is 0 Å². The lowest BCUT2D eigenvalue weighted by Crippen LogP contribution is -2.32. The standard InChI is InChI=1S/C17H24N2O6S/c1-11-3-4-13(12(2)19-26(18,22)23)8-16(11)25-10-15-7-14(15)5-6-24-17(21)9-20/h3-4,8-9,12,14-15,19H,5-7,10H2,1-2H3,(H2,18,22,23)/t12-,14?,15?/m0/s1.